The number of hydrogen-bond donors (Lipinski definition) is 2. The number of hydrogen-bond acceptors (Lipinski definition) is 6. The predicted octanol–water partition coefficient (Wildman–Crippen LogP) is 6.51. The van der Waals surface area contributed by atoms with Crippen molar-refractivity contribution in [1.29, 1.82) is 0 Å². The minimum absolute atomic E-state index is 0.199. The number of amides is 1. The molecule has 45 heavy (non-hydrogen) atoms. The van der Waals surface area contributed by atoms with Gasteiger partial charge in [-0.1, -0.05) is 80.4 Å². The zero-order valence-corrected chi connectivity index (χ0v) is 27.0. The SMILES string of the molecule is CCCOC(=O)COC(C(=O)O)C(OCCCCCc1ccc(C)c(C)c1)C(=O)NCCCCCc1ccc2ccccc2c1. The molecule has 8 heteroatoms. The molecule has 0 aliphatic carbocycles. The standard InChI is InChI=1S/C37H49NO7/c1-4-22-43-33(39)26-45-35(37(41)42)34(44-23-12-6-8-13-29-18-17-27(2)28(3)24-29)36(40)38-21-11-5-7-14-30-19-20-31-15-9-10-16-32(31)25-30/h9-10,15-20,24-25,34-35H,4-8,11-14,21-23,26H2,1-3H3,(H,38,40)(H,41,42). The van der Waals surface area contributed by atoms with Gasteiger partial charge in [-0.05, 0) is 91.8 Å². The molecule has 0 bridgehead atoms. The Morgan fingerprint density at radius 1 is 0.733 bits per heavy atom. The van der Waals surface area contributed by atoms with Crippen molar-refractivity contribution in [3.8, 4) is 0 Å². The van der Waals surface area contributed by atoms with Crippen LogP contribution in [0.5, 0.6) is 0 Å². The summed E-state index contributed by atoms with van der Waals surface area (Å²) < 4.78 is 16.2. The van der Waals surface area contributed by atoms with Gasteiger partial charge in [0.2, 0.25) is 0 Å². The highest BCUT2D eigenvalue weighted by molar-refractivity contribution is 5.88. The summed E-state index contributed by atoms with van der Waals surface area (Å²) in [4.78, 5) is 37.2. The number of unbranched alkanes of at least 4 members (excludes halogenated alkanes) is 4. The second-order valence-corrected chi connectivity index (χ2v) is 11.6. The summed E-state index contributed by atoms with van der Waals surface area (Å²) in [5.74, 6) is -2.61. The Labute approximate surface area is 267 Å². The number of carboxylic acids is 1. The maximum atomic E-state index is 13.2. The summed E-state index contributed by atoms with van der Waals surface area (Å²) in [7, 11) is 0. The van der Waals surface area contributed by atoms with Gasteiger partial charge in [-0.3, -0.25) is 4.79 Å². The van der Waals surface area contributed by atoms with Crippen molar-refractivity contribution in [2.24, 2.45) is 0 Å². The van der Waals surface area contributed by atoms with Gasteiger partial charge in [0.05, 0.1) is 6.61 Å². The highest BCUT2D eigenvalue weighted by atomic mass is 16.6. The Morgan fingerprint density at radius 2 is 1.42 bits per heavy atom. The molecule has 0 heterocycles. The van der Waals surface area contributed by atoms with Crippen LogP contribution in [0.1, 0.15) is 74.1 Å². The first-order chi connectivity index (χ1) is 21.8. The highest BCUT2D eigenvalue weighted by Crippen LogP contribution is 2.18. The third-order valence-electron chi connectivity index (χ3n) is 7.86. The number of nitrogens with one attached hydrogen (secondary N) is 1. The molecular weight excluding hydrogens is 570 g/mol. The number of ether oxygens (including phenoxy) is 3. The van der Waals surface area contributed by atoms with Crippen LogP contribution in [0.25, 0.3) is 10.8 Å². The number of benzene rings is 3. The van der Waals surface area contributed by atoms with Gasteiger partial charge in [0.15, 0.2) is 12.2 Å². The van der Waals surface area contributed by atoms with E-state index in [1.54, 1.807) is 0 Å². The minimum atomic E-state index is -1.64. The van der Waals surface area contributed by atoms with Crippen LogP contribution in [0, 0.1) is 13.8 Å². The molecule has 0 saturated carbocycles. The van der Waals surface area contributed by atoms with Crippen molar-refractivity contribution in [2.45, 2.75) is 90.8 Å². The van der Waals surface area contributed by atoms with Gasteiger partial charge in [-0.15, -0.1) is 0 Å². The molecule has 0 aliphatic rings. The summed E-state index contributed by atoms with van der Waals surface area (Å²) in [5, 5.41) is 15.1. The van der Waals surface area contributed by atoms with Crippen LogP contribution in [0.15, 0.2) is 60.7 Å². The van der Waals surface area contributed by atoms with Gasteiger partial charge in [0.25, 0.3) is 5.91 Å². The lowest BCUT2D eigenvalue weighted by Gasteiger charge is -2.23. The summed E-state index contributed by atoms with van der Waals surface area (Å²) in [6, 6.07) is 21.3. The summed E-state index contributed by atoms with van der Waals surface area (Å²) in [6.45, 7) is 6.28. The summed E-state index contributed by atoms with van der Waals surface area (Å²) in [6.07, 6.45) is 4.57. The lowest BCUT2D eigenvalue weighted by atomic mass is 10.0. The van der Waals surface area contributed by atoms with E-state index in [1.807, 2.05) is 19.1 Å². The van der Waals surface area contributed by atoms with E-state index in [-0.39, 0.29) is 13.2 Å². The maximum absolute atomic E-state index is 13.2. The van der Waals surface area contributed by atoms with Gasteiger partial charge >= 0.3 is 11.9 Å². The molecular formula is C37H49NO7. The largest absolute Gasteiger partial charge is 0.479 e. The van der Waals surface area contributed by atoms with Gasteiger partial charge in [0, 0.05) is 13.2 Å². The Bertz CT molecular complexity index is 1370. The van der Waals surface area contributed by atoms with Crippen LogP contribution in [0.2, 0.25) is 0 Å². The maximum Gasteiger partial charge on any atom is 0.336 e. The number of carbonyl (C=O) groups excluding carboxylic acids is 2. The van der Waals surface area contributed by atoms with Gasteiger partial charge in [0.1, 0.15) is 6.61 Å². The third kappa shape index (κ3) is 12.6. The number of esters is 1. The first-order valence-corrected chi connectivity index (χ1v) is 16.2. The Morgan fingerprint density at radius 3 is 2.13 bits per heavy atom. The molecule has 2 N–H and O–H groups in total. The Kier molecular flexibility index (Phi) is 15.6. The van der Waals surface area contributed by atoms with E-state index >= 15 is 0 Å². The van der Waals surface area contributed by atoms with Crippen molar-refractivity contribution in [2.75, 3.05) is 26.4 Å². The molecule has 1 amide bonds. The quantitative estimate of drug-likeness (QED) is 0.103. The average molecular weight is 620 g/mol. The smallest absolute Gasteiger partial charge is 0.336 e. The number of aliphatic carboxylic acids is 1. The second kappa shape index (κ2) is 19.6. The van der Waals surface area contributed by atoms with Crippen molar-refractivity contribution >= 4 is 28.6 Å². The molecule has 0 spiro atoms. The molecule has 3 aromatic rings. The fourth-order valence-corrected chi connectivity index (χ4v) is 5.12. The van der Waals surface area contributed by atoms with Crippen LogP contribution in [0.3, 0.4) is 0 Å². The fourth-order valence-electron chi connectivity index (χ4n) is 5.12. The molecule has 0 aromatic heterocycles. The topological polar surface area (TPSA) is 111 Å². The zero-order valence-electron chi connectivity index (χ0n) is 27.0. The second-order valence-electron chi connectivity index (χ2n) is 11.6. The molecule has 3 rings (SSSR count). The van der Waals surface area contributed by atoms with Gasteiger partial charge in [-0.25, -0.2) is 9.59 Å². The van der Waals surface area contributed by atoms with Crippen molar-refractivity contribution in [3.63, 3.8) is 0 Å². The lowest BCUT2D eigenvalue weighted by molar-refractivity contribution is -0.174. The van der Waals surface area contributed by atoms with Crippen molar-refractivity contribution < 1.29 is 33.7 Å². The number of carbonyl (C=O) groups is 3. The van der Waals surface area contributed by atoms with Crippen LogP contribution in [-0.4, -0.2) is 61.5 Å². The van der Waals surface area contributed by atoms with E-state index in [9.17, 15) is 19.5 Å². The fraction of sp³-hybridized carbons (Fsp3) is 0.486. The van der Waals surface area contributed by atoms with Gasteiger partial charge < -0.3 is 24.6 Å². The van der Waals surface area contributed by atoms with Crippen LogP contribution in [-0.2, 0) is 41.4 Å². The van der Waals surface area contributed by atoms with Crippen molar-refractivity contribution in [3.05, 3.63) is 82.9 Å². The number of aryl methyl sites for hydroxylation is 4. The molecule has 3 aromatic carbocycles. The van der Waals surface area contributed by atoms with E-state index in [0.717, 1.165) is 44.9 Å². The Hall–Kier alpha value is -3.75. The number of carboxylic acid groups (broad SMARTS) is 1. The third-order valence-corrected chi connectivity index (χ3v) is 7.86. The zero-order chi connectivity index (χ0) is 32.4. The molecule has 0 fully saturated rings. The van der Waals surface area contributed by atoms with E-state index in [4.69, 9.17) is 14.2 Å². The van der Waals surface area contributed by atoms with Crippen LogP contribution < -0.4 is 5.32 Å². The minimum Gasteiger partial charge on any atom is -0.479 e. The first kappa shape index (κ1) is 35.7. The average Bonchev–Trinajstić information content (AvgIpc) is 3.03. The Balaban J connectivity index is 1.47. The van der Waals surface area contributed by atoms with Gasteiger partial charge in [-0.2, -0.15) is 0 Å². The molecule has 244 valence electrons. The molecule has 8 nitrogen and oxygen atoms in total. The number of fused-ring (bicyclic) bond motifs is 1. The summed E-state index contributed by atoms with van der Waals surface area (Å²) >= 11 is 0. The normalized spacial score (nSPS) is 12.5. The van der Waals surface area contributed by atoms with Crippen LogP contribution >= 0.6 is 0 Å². The van der Waals surface area contributed by atoms with Crippen LogP contribution in [0.4, 0.5) is 0 Å². The van der Waals surface area contributed by atoms with E-state index in [2.05, 4.69) is 67.7 Å². The molecule has 0 aliphatic heterocycles. The monoisotopic (exact) mass is 619 g/mol. The van der Waals surface area contributed by atoms with E-state index in [1.165, 1.54) is 33.0 Å². The van der Waals surface area contributed by atoms with E-state index in [0.29, 0.717) is 19.4 Å². The molecule has 0 saturated heterocycles. The van der Waals surface area contributed by atoms with E-state index < -0.39 is 36.7 Å². The molecule has 0 radical (unpaired) electrons. The highest BCUT2D eigenvalue weighted by Gasteiger charge is 2.36. The van der Waals surface area contributed by atoms with Crippen molar-refractivity contribution in [1.82, 2.24) is 5.32 Å². The predicted molar refractivity (Wildman–Crippen MR) is 176 cm³/mol. The first-order valence-electron chi connectivity index (χ1n) is 16.2. The summed E-state index contributed by atoms with van der Waals surface area (Å²) in [5.41, 5.74) is 5.10. The molecule has 2 unspecified atom stereocenters. The molecule has 2 atom stereocenters. The number of rotatable bonds is 21. The lowest BCUT2D eigenvalue weighted by Crippen LogP contribution is -2.49.